The van der Waals surface area contributed by atoms with Gasteiger partial charge in [0, 0.05) is 31.2 Å². The topological polar surface area (TPSA) is 15.3 Å². The van der Waals surface area contributed by atoms with Crippen molar-refractivity contribution < 1.29 is 0 Å². The van der Waals surface area contributed by atoms with Crippen LogP contribution in [0.5, 0.6) is 0 Å². The van der Waals surface area contributed by atoms with Crippen LogP contribution in [0.4, 0.5) is 0 Å². The summed E-state index contributed by atoms with van der Waals surface area (Å²) in [6, 6.07) is 2.33. The molecule has 2 unspecified atom stereocenters. The molecule has 1 aliphatic carbocycles. The fourth-order valence-electron chi connectivity index (χ4n) is 3.78. The molecule has 1 heterocycles. The van der Waals surface area contributed by atoms with Gasteiger partial charge in [0.15, 0.2) is 0 Å². The van der Waals surface area contributed by atoms with Crippen LogP contribution in [-0.2, 0) is 0 Å². The van der Waals surface area contributed by atoms with E-state index in [1.807, 2.05) is 0 Å². The Bertz CT molecular complexity index is 229. The van der Waals surface area contributed by atoms with Crippen LogP contribution in [0.1, 0.15) is 65.7 Å². The fraction of sp³-hybridized carbons (Fsp3) is 1.00. The quantitative estimate of drug-likeness (QED) is 0.774. The van der Waals surface area contributed by atoms with E-state index < -0.39 is 0 Å². The van der Waals surface area contributed by atoms with E-state index >= 15 is 0 Å². The summed E-state index contributed by atoms with van der Waals surface area (Å²) in [5, 5.41) is 3.68. The molecule has 0 aromatic carbocycles. The third-order valence-corrected chi connectivity index (χ3v) is 4.69. The fourth-order valence-corrected chi connectivity index (χ4v) is 3.78. The summed E-state index contributed by atoms with van der Waals surface area (Å²) in [5.41, 5.74) is 0. The molecule has 2 heteroatoms. The van der Waals surface area contributed by atoms with Crippen molar-refractivity contribution in [3.8, 4) is 0 Å². The average molecular weight is 252 g/mol. The van der Waals surface area contributed by atoms with E-state index in [0.717, 1.165) is 18.0 Å². The Hall–Kier alpha value is -0.0800. The van der Waals surface area contributed by atoms with Crippen molar-refractivity contribution in [1.82, 2.24) is 10.2 Å². The lowest BCUT2D eigenvalue weighted by Gasteiger charge is -2.44. The first-order valence-corrected chi connectivity index (χ1v) is 8.16. The van der Waals surface area contributed by atoms with Gasteiger partial charge in [-0.1, -0.05) is 39.5 Å². The van der Waals surface area contributed by atoms with Gasteiger partial charge in [-0.25, -0.2) is 0 Å². The van der Waals surface area contributed by atoms with Gasteiger partial charge in [-0.3, -0.25) is 4.90 Å². The SMILES string of the molecule is CC(C)CC1CNC(C)CN1C1CCCCCC1. The summed E-state index contributed by atoms with van der Waals surface area (Å²) < 4.78 is 0. The molecule has 0 aromatic heterocycles. The van der Waals surface area contributed by atoms with Gasteiger partial charge in [0.1, 0.15) is 0 Å². The van der Waals surface area contributed by atoms with E-state index in [4.69, 9.17) is 0 Å². The molecule has 2 nitrogen and oxygen atoms in total. The van der Waals surface area contributed by atoms with Crippen LogP contribution in [0.3, 0.4) is 0 Å². The minimum Gasteiger partial charge on any atom is -0.311 e. The molecule has 18 heavy (non-hydrogen) atoms. The van der Waals surface area contributed by atoms with Crippen LogP contribution >= 0.6 is 0 Å². The highest BCUT2D eigenvalue weighted by Crippen LogP contribution is 2.27. The van der Waals surface area contributed by atoms with Gasteiger partial charge in [0.2, 0.25) is 0 Å². The van der Waals surface area contributed by atoms with Crippen molar-refractivity contribution in [1.29, 1.82) is 0 Å². The van der Waals surface area contributed by atoms with Gasteiger partial charge in [-0.15, -0.1) is 0 Å². The molecular formula is C16H32N2. The van der Waals surface area contributed by atoms with Crippen LogP contribution in [0.25, 0.3) is 0 Å². The summed E-state index contributed by atoms with van der Waals surface area (Å²) in [5.74, 6) is 0.818. The Labute approximate surface area is 114 Å². The van der Waals surface area contributed by atoms with E-state index in [0.29, 0.717) is 6.04 Å². The zero-order valence-electron chi connectivity index (χ0n) is 12.6. The second kappa shape index (κ2) is 6.91. The van der Waals surface area contributed by atoms with Crippen LogP contribution in [0.15, 0.2) is 0 Å². The second-order valence-electron chi connectivity index (χ2n) is 6.93. The second-order valence-corrected chi connectivity index (χ2v) is 6.93. The summed E-state index contributed by atoms with van der Waals surface area (Å²) >= 11 is 0. The van der Waals surface area contributed by atoms with Crippen molar-refractivity contribution >= 4 is 0 Å². The Kier molecular flexibility index (Phi) is 5.50. The third-order valence-electron chi connectivity index (χ3n) is 4.69. The molecule has 2 rings (SSSR count). The van der Waals surface area contributed by atoms with E-state index in [2.05, 4.69) is 31.0 Å². The van der Waals surface area contributed by atoms with E-state index in [9.17, 15) is 0 Å². The standard InChI is InChI=1S/C16H32N2/c1-13(2)10-16-11-17-14(3)12-18(16)15-8-6-4-5-7-9-15/h13-17H,4-12H2,1-3H3. The smallest absolute Gasteiger partial charge is 0.0226 e. The van der Waals surface area contributed by atoms with Crippen LogP contribution in [-0.4, -0.2) is 36.1 Å². The molecule has 106 valence electrons. The Balaban J connectivity index is 1.98. The molecule has 0 radical (unpaired) electrons. The van der Waals surface area contributed by atoms with Gasteiger partial charge >= 0.3 is 0 Å². The van der Waals surface area contributed by atoms with Gasteiger partial charge in [0.25, 0.3) is 0 Å². The predicted molar refractivity (Wildman–Crippen MR) is 78.9 cm³/mol. The zero-order valence-corrected chi connectivity index (χ0v) is 12.6. The van der Waals surface area contributed by atoms with Crippen molar-refractivity contribution in [3.05, 3.63) is 0 Å². The first-order valence-electron chi connectivity index (χ1n) is 8.16. The minimum absolute atomic E-state index is 0.677. The predicted octanol–water partition coefficient (Wildman–Crippen LogP) is 3.42. The normalized spacial score (nSPS) is 32.7. The van der Waals surface area contributed by atoms with Crippen molar-refractivity contribution in [2.75, 3.05) is 13.1 Å². The number of hydrogen-bond donors (Lipinski definition) is 1. The lowest BCUT2D eigenvalue weighted by Crippen LogP contribution is -2.58. The van der Waals surface area contributed by atoms with Crippen molar-refractivity contribution in [3.63, 3.8) is 0 Å². The molecule has 2 fully saturated rings. The molecule has 2 aliphatic rings. The van der Waals surface area contributed by atoms with E-state index in [1.54, 1.807) is 0 Å². The summed E-state index contributed by atoms with van der Waals surface area (Å²) in [6.45, 7) is 9.54. The lowest BCUT2D eigenvalue weighted by atomic mass is 9.95. The third kappa shape index (κ3) is 3.96. The van der Waals surface area contributed by atoms with Crippen LogP contribution in [0.2, 0.25) is 0 Å². The number of rotatable bonds is 3. The van der Waals surface area contributed by atoms with Crippen LogP contribution in [0, 0.1) is 5.92 Å². The van der Waals surface area contributed by atoms with E-state index in [-0.39, 0.29) is 0 Å². The van der Waals surface area contributed by atoms with Crippen molar-refractivity contribution in [2.45, 2.75) is 83.8 Å². The molecule has 1 saturated carbocycles. The van der Waals surface area contributed by atoms with Crippen molar-refractivity contribution in [2.24, 2.45) is 5.92 Å². The molecule has 1 N–H and O–H groups in total. The zero-order chi connectivity index (χ0) is 13.0. The summed E-state index contributed by atoms with van der Waals surface area (Å²) in [6.07, 6.45) is 10.1. The van der Waals surface area contributed by atoms with Gasteiger partial charge in [0.05, 0.1) is 0 Å². The van der Waals surface area contributed by atoms with Gasteiger partial charge in [-0.2, -0.15) is 0 Å². The first kappa shape index (κ1) is 14.3. The number of nitrogens with one attached hydrogen (secondary N) is 1. The lowest BCUT2D eigenvalue weighted by molar-refractivity contribution is 0.0651. The summed E-state index contributed by atoms with van der Waals surface area (Å²) in [4.78, 5) is 2.87. The maximum Gasteiger partial charge on any atom is 0.0226 e. The molecule has 2 atom stereocenters. The Morgan fingerprint density at radius 3 is 2.39 bits per heavy atom. The maximum absolute atomic E-state index is 3.68. The van der Waals surface area contributed by atoms with Gasteiger partial charge in [-0.05, 0) is 32.1 Å². The molecular weight excluding hydrogens is 220 g/mol. The monoisotopic (exact) mass is 252 g/mol. The molecule has 1 aliphatic heterocycles. The number of hydrogen-bond acceptors (Lipinski definition) is 2. The van der Waals surface area contributed by atoms with E-state index in [1.165, 1.54) is 58.0 Å². The molecule has 0 aromatic rings. The van der Waals surface area contributed by atoms with Gasteiger partial charge < -0.3 is 5.32 Å². The maximum atomic E-state index is 3.68. The molecule has 0 bridgehead atoms. The molecule has 0 amide bonds. The number of piperazine rings is 1. The number of nitrogens with zero attached hydrogens (tertiary/aromatic N) is 1. The largest absolute Gasteiger partial charge is 0.311 e. The summed E-state index contributed by atoms with van der Waals surface area (Å²) in [7, 11) is 0. The minimum atomic E-state index is 0.677. The highest BCUT2D eigenvalue weighted by Gasteiger charge is 2.31. The Morgan fingerprint density at radius 2 is 1.78 bits per heavy atom. The highest BCUT2D eigenvalue weighted by atomic mass is 15.3. The Morgan fingerprint density at radius 1 is 1.11 bits per heavy atom. The molecule has 1 saturated heterocycles. The average Bonchev–Trinajstić information content (AvgIpc) is 2.59. The first-order chi connectivity index (χ1) is 8.66. The highest BCUT2D eigenvalue weighted by molar-refractivity contribution is 4.89. The molecule has 0 spiro atoms. The van der Waals surface area contributed by atoms with Crippen LogP contribution < -0.4 is 5.32 Å².